The van der Waals surface area contributed by atoms with Gasteiger partial charge in [-0.05, 0) is 23.1 Å². The molecule has 182 valence electrons. The summed E-state index contributed by atoms with van der Waals surface area (Å²) >= 11 is 5.96. The SMILES string of the molecule is CNC(=O)c1cc(Cl)ncc1NC(=O)C1(c2ccccc2C(C)C)CN(C(=O)OCCCO)C1. The minimum Gasteiger partial charge on any atom is -0.449 e. The van der Waals surface area contributed by atoms with Crippen molar-refractivity contribution in [3.63, 3.8) is 0 Å². The van der Waals surface area contributed by atoms with Crippen molar-refractivity contribution in [1.82, 2.24) is 15.2 Å². The van der Waals surface area contributed by atoms with Gasteiger partial charge in [0.1, 0.15) is 10.6 Å². The molecule has 1 fully saturated rings. The summed E-state index contributed by atoms with van der Waals surface area (Å²) in [6.07, 6.45) is 1.14. The van der Waals surface area contributed by atoms with Crippen molar-refractivity contribution < 1.29 is 24.2 Å². The molecule has 0 atom stereocenters. The van der Waals surface area contributed by atoms with Crippen LogP contribution in [0.15, 0.2) is 36.5 Å². The van der Waals surface area contributed by atoms with E-state index < -0.39 is 17.4 Å². The predicted molar refractivity (Wildman–Crippen MR) is 128 cm³/mol. The Kier molecular flexibility index (Phi) is 8.11. The molecule has 1 aromatic heterocycles. The van der Waals surface area contributed by atoms with Gasteiger partial charge in [-0.1, -0.05) is 49.7 Å². The van der Waals surface area contributed by atoms with Crippen molar-refractivity contribution in [2.75, 3.05) is 38.7 Å². The second-order valence-corrected chi connectivity index (χ2v) is 8.84. The third kappa shape index (κ3) is 5.15. The fourth-order valence-electron chi connectivity index (χ4n) is 4.02. The quantitative estimate of drug-likeness (QED) is 0.388. The summed E-state index contributed by atoms with van der Waals surface area (Å²) < 4.78 is 5.19. The van der Waals surface area contributed by atoms with E-state index in [9.17, 15) is 14.4 Å². The summed E-state index contributed by atoms with van der Waals surface area (Å²) in [5.41, 5.74) is 1.16. The van der Waals surface area contributed by atoms with Crippen LogP contribution in [0.25, 0.3) is 0 Å². The Morgan fingerprint density at radius 2 is 1.97 bits per heavy atom. The maximum atomic E-state index is 13.8. The fraction of sp³-hybridized carbons (Fsp3) is 0.417. The van der Waals surface area contributed by atoms with Crippen molar-refractivity contribution in [3.8, 4) is 0 Å². The number of carbonyl (C=O) groups is 3. The van der Waals surface area contributed by atoms with Gasteiger partial charge in [-0.15, -0.1) is 0 Å². The number of likely N-dealkylation sites (tertiary alicyclic amines) is 1. The molecular formula is C24H29ClN4O5. The highest BCUT2D eigenvalue weighted by atomic mass is 35.5. The fourth-order valence-corrected chi connectivity index (χ4v) is 4.17. The first-order chi connectivity index (χ1) is 16.2. The number of carbonyl (C=O) groups excluding carboxylic acids is 3. The van der Waals surface area contributed by atoms with Crippen LogP contribution in [0.1, 0.15) is 47.7 Å². The summed E-state index contributed by atoms with van der Waals surface area (Å²) in [7, 11) is 1.48. The van der Waals surface area contributed by atoms with Crippen LogP contribution < -0.4 is 10.6 Å². The van der Waals surface area contributed by atoms with Crippen molar-refractivity contribution in [2.24, 2.45) is 0 Å². The van der Waals surface area contributed by atoms with E-state index in [0.717, 1.165) is 11.1 Å². The lowest BCUT2D eigenvalue weighted by Gasteiger charge is -2.49. The number of aromatic nitrogens is 1. The Morgan fingerprint density at radius 1 is 1.26 bits per heavy atom. The third-order valence-electron chi connectivity index (χ3n) is 5.83. The van der Waals surface area contributed by atoms with Gasteiger partial charge in [0.15, 0.2) is 0 Å². The summed E-state index contributed by atoms with van der Waals surface area (Å²) in [6.45, 7) is 4.31. The van der Waals surface area contributed by atoms with E-state index in [0.29, 0.717) is 6.42 Å². The molecule has 1 aliphatic heterocycles. The molecule has 3 N–H and O–H groups in total. The van der Waals surface area contributed by atoms with Gasteiger partial charge in [-0.25, -0.2) is 9.78 Å². The van der Waals surface area contributed by atoms with E-state index in [1.165, 1.54) is 24.2 Å². The molecule has 3 amide bonds. The minimum atomic E-state index is -1.05. The van der Waals surface area contributed by atoms with Gasteiger partial charge in [0, 0.05) is 33.2 Å². The van der Waals surface area contributed by atoms with E-state index in [2.05, 4.69) is 15.6 Å². The van der Waals surface area contributed by atoms with Crippen molar-refractivity contribution in [3.05, 3.63) is 58.4 Å². The average Bonchev–Trinajstić information content (AvgIpc) is 2.79. The van der Waals surface area contributed by atoms with Gasteiger partial charge < -0.3 is 25.4 Å². The smallest absolute Gasteiger partial charge is 0.409 e. The molecule has 1 aromatic carbocycles. The zero-order valence-corrected chi connectivity index (χ0v) is 20.2. The maximum absolute atomic E-state index is 13.8. The Morgan fingerprint density at radius 3 is 2.62 bits per heavy atom. The molecule has 0 saturated carbocycles. The predicted octanol–water partition coefficient (Wildman–Crippen LogP) is 2.93. The Labute approximate surface area is 203 Å². The van der Waals surface area contributed by atoms with E-state index in [-0.39, 0.29) is 54.5 Å². The topological polar surface area (TPSA) is 121 Å². The van der Waals surface area contributed by atoms with Crippen LogP contribution in [0.2, 0.25) is 5.15 Å². The molecule has 3 rings (SSSR count). The number of aliphatic hydroxyl groups is 1. The maximum Gasteiger partial charge on any atom is 0.409 e. The number of aliphatic hydroxyl groups excluding tert-OH is 1. The Hall–Kier alpha value is -3.17. The molecule has 0 bridgehead atoms. The lowest BCUT2D eigenvalue weighted by atomic mass is 9.70. The molecule has 2 aromatic rings. The number of nitrogens with zero attached hydrogens (tertiary/aromatic N) is 2. The van der Waals surface area contributed by atoms with Gasteiger partial charge in [-0.3, -0.25) is 9.59 Å². The number of anilines is 1. The van der Waals surface area contributed by atoms with Crippen molar-refractivity contribution >= 4 is 35.2 Å². The molecule has 1 saturated heterocycles. The summed E-state index contributed by atoms with van der Waals surface area (Å²) in [5.74, 6) is -0.640. The molecule has 9 nitrogen and oxygen atoms in total. The summed E-state index contributed by atoms with van der Waals surface area (Å²) in [5, 5.41) is 14.4. The Bertz CT molecular complexity index is 1070. The van der Waals surface area contributed by atoms with Crippen LogP contribution >= 0.6 is 11.6 Å². The average molecular weight is 489 g/mol. The zero-order valence-electron chi connectivity index (χ0n) is 19.4. The van der Waals surface area contributed by atoms with Gasteiger partial charge >= 0.3 is 6.09 Å². The molecule has 0 radical (unpaired) electrons. The van der Waals surface area contributed by atoms with E-state index in [4.69, 9.17) is 21.4 Å². The third-order valence-corrected chi connectivity index (χ3v) is 6.04. The van der Waals surface area contributed by atoms with Crippen LogP contribution in [-0.2, 0) is 14.9 Å². The number of hydrogen-bond donors (Lipinski definition) is 3. The van der Waals surface area contributed by atoms with E-state index in [1.54, 1.807) is 0 Å². The second kappa shape index (κ2) is 10.8. The number of ether oxygens (including phenoxy) is 1. The zero-order chi connectivity index (χ0) is 24.9. The molecule has 0 aliphatic carbocycles. The monoisotopic (exact) mass is 488 g/mol. The van der Waals surface area contributed by atoms with Crippen molar-refractivity contribution in [1.29, 1.82) is 0 Å². The molecule has 1 aliphatic rings. The largest absolute Gasteiger partial charge is 0.449 e. The van der Waals surface area contributed by atoms with Crippen LogP contribution in [-0.4, -0.2) is 66.2 Å². The number of amides is 3. The highest BCUT2D eigenvalue weighted by Crippen LogP contribution is 2.40. The molecule has 34 heavy (non-hydrogen) atoms. The normalized spacial score (nSPS) is 14.4. The highest BCUT2D eigenvalue weighted by molar-refractivity contribution is 6.30. The van der Waals surface area contributed by atoms with Gasteiger partial charge in [-0.2, -0.15) is 0 Å². The molecule has 0 spiro atoms. The summed E-state index contributed by atoms with van der Waals surface area (Å²) in [6, 6.07) is 9.02. The van der Waals surface area contributed by atoms with Gasteiger partial charge in [0.05, 0.1) is 24.1 Å². The molecular weight excluding hydrogens is 460 g/mol. The first-order valence-corrected chi connectivity index (χ1v) is 11.4. The van der Waals surface area contributed by atoms with Gasteiger partial charge in [0.25, 0.3) is 5.91 Å². The molecule has 2 heterocycles. The van der Waals surface area contributed by atoms with Crippen molar-refractivity contribution in [2.45, 2.75) is 31.6 Å². The number of nitrogens with one attached hydrogen (secondary N) is 2. The van der Waals surface area contributed by atoms with Crippen LogP contribution in [0.5, 0.6) is 0 Å². The first kappa shape index (κ1) is 25.5. The number of rotatable bonds is 8. The first-order valence-electron chi connectivity index (χ1n) is 11.0. The molecule has 0 unspecified atom stereocenters. The highest BCUT2D eigenvalue weighted by Gasteiger charge is 2.54. The van der Waals surface area contributed by atoms with Gasteiger partial charge in [0.2, 0.25) is 5.91 Å². The lowest BCUT2D eigenvalue weighted by molar-refractivity contribution is -0.127. The van der Waals surface area contributed by atoms with E-state index in [1.807, 2.05) is 38.1 Å². The minimum absolute atomic E-state index is 0.0792. The van der Waals surface area contributed by atoms with Crippen LogP contribution in [0.3, 0.4) is 0 Å². The Balaban J connectivity index is 1.95. The number of halogens is 1. The standard InChI is InChI=1S/C24H29ClN4O5/c1-15(2)16-7-4-5-8-18(16)24(13-29(14-24)23(33)34-10-6-9-30)22(32)28-19-12-27-20(25)11-17(19)21(31)26-3/h4-5,7-8,11-12,15,30H,6,9-10,13-14H2,1-3H3,(H,26,31)(H,28,32). The second-order valence-electron chi connectivity index (χ2n) is 8.46. The van der Waals surface area contributed by atoms with Crippen LogP contribution in [0.4, 0.5) is 10.5 Å². The number of benzene rings is 1. The number of hydrogen-bond acceptors (Lipinski definition) is 6. The summed E-state index contributed by atoms with van der Waals surface area (Å²) in [4.78, 5) is 44.0. The number of pyridine rings is 1. The molecule has 10 heteroatoms. The van der Waals surface area contributed by atoms with Crippen LogP contribution in [0, 0.1) is 0 Å². The van der Waals surface area contributed by atoms with E-state index >= 15 is 0 Å². The lowest BCUT2D eigenvalue weighted by Crippen LogP contribution is -2.66.